The molecule has 0 atom stereocenters. The molecule has 0 aliphatic rings. The molecule has 0 bridgehead atoms. The largest absolute Gasteiger partial charge is 0.497 e. The van der Waals surface area contributed by atoms with Gasteiger partial charge in [-0.05, 0) is 61.0 Å². The zero-order valence-corrected chi connectivity index (χ0v) is 19.1. The number of fused-ring (bicyclic) bond motifs is 1. The fourth-order valence-electron chi connectivity index (χ4n) is 3.63. The van der Waals surface area contributed by atoms with Crippen molar-refractivity contribution in [3.05, 3.63) is 94.0 Å². The molecule has 2 aromatic carbocycles. The number of pyridine rings is 2. The van der Waals surface area contributed by atoms with E-state index < -0.39 is 0 Å². The second-order valence-corrected chi connectivity index (χ2v) is 7.86. The van der Waals surface area contributed by atoms with E-state index in [4.69, 9.17) is 4.74 Å². The number of anilines is 2. The number of rotatable bonds is 6. The Bertz CT molecular complexity index is 1420. The van der Waals surface area contributed by atoms with E-state index in [0.717, 1.165) is 11.3 Å². The number of aromatic nitrogens is 2. The van der Waals surface area contributed by atoms with Crippen LogP contribution in [0.2, 0.25) is 0 Å². The van der Waals surface area contributed by atoms with Crippen LogP contribution >= 0.6 is 0 Å². The summed E-state index contributed by atoms with van der Waals surface area (Å²) in [5.41, 5.74) is 3.28. The summed E-state index contributed by atoms with van der Waals surface area (Å²) in [6, 6.07) is 17.6. The first-order chi connectivity index (χ1) is 16.3. The summed E-state index contributed by atoms with van der Waals surface area (Å²) in [4.78, 5) is 41.7. The number of aryl methyl sites for hydroxylation is 1. The van der Waals surface area contributed by atoms with E-state index in [2.05, 4.69) is 15.6 Å². The molecule has 34 heavy (non-hydrogen) atoms. The number of amides is 2. The molecule has 172 valence electrons. The molecule has 4 rings (SSSR count). The van der Waals surface area contributed by atoms with Crippen molar-refractivity contribution in [2.24, 2.45) is 0 Å². The van der Waals surface area contributed by atoms with Crippen molar-refractivity contribution in [1.29, 1.82) is 0 Å². The van der Waals surface area contributed by atoms with Gasteiger partial charge in [0.1, 0.15) is 5.75 Å². The highest BCUT2D eigenvalue weighted by Crippen LogP contribution is 2.18. The molecule has 2 N–H and O–H groups in total. The molecular formula is C26H24N4O4. The normalized spacial score (nSPS) is 10.7. The van der Waals surface area contributed by atoms with Crippen LogP contribution in [0.4, 0.5) is 11.4 Å². The van der Waals surface area contributed by atoms with Gasteiger partial charge < -0.3 is 19.9 Å². The minimum absolute atomic E-state index is 0.174. The third-order valence-electron chi connectivity index (χ3n) is 5.37. The van der Waals surface area contributed by atoms with Crippen molar-refractivity contribution >= 4 is 34.1 Å². The SMILES string of the molecule is COc1ccc(Cn2ccc3nc(C)c(C(=O)Nc4ccc(NC(C)=O)cc4)cc3c2=O)cc1. The highest BCUT2D eigenvalue weighted by atomic mass is 16.5. The standard InChI is InChI=1S/C26H24N4O4/c1-16-22(25(32)29-20-8-6-19(7-9-20)28-17(2)31)14-23-24(27-16)12-13-30(26(23)33)15-18-4-10-21(34-3)11-5-18/h4-14H,15H2,1-3H3,(H,28,31)(H,29,32). The number of hydrogen-bond acceptors (Lipinski definition) is 5. The molecule has 0 aliphatic carbocycles. The molecule has 0 aliphatic heterocycles. The van der Waals surface area contributed by atoms with Crippen molar-refractivity contribution < 1.29 is 14.3 Å². The van der Waals surface area contributed by atoms with Crippen LogP contribution < -0.4 is 20.9 Å². The minimum atomic E-state index is -0.371. The average Bonchev–Trinajstić information content (AvgIpc) is 2.82. The van der Waals surface area contributed by atoms with Gasteiger partial charge in [-0.15, -0.1) is 0 Å². The lowest BCUT2D eigenvalue weighted by Gasteiger charge is -2.11. The Kier molecular flexibility index (Phi) is 6.40. The highest BCUT2D eigenvalue weighted by Gasteiger charge is 2.15. The fraction of sp³-hybridized carbons (Fsp3) is 0.154. The molecule has 8 nitrogen and oxygen atoms in total. The lowest BCUT2D eigenvalue weighted by molar-refractivity contribution is -0.114. The van der Waals surface area contributed by atoms with E-state index in [9.17, 15) is 14.4 Å². The third kappa shape index (κ3) is 4.96. The summed E-state index contributed by atoms with van der Waals surface area (Å²) in [6.45, 7) is 3.54. The summed E-state index contributed by atoms with van der Waals surface area (Å²) >= 11 is 0. The van der Waals surface area contributed by atoms with E-state index in [0.29, 0.717) is 40.1 Å². The molecule has 8 heteroatoms. The van der Waals surface area contributed by atoms with Gasteiger partial charge in [0.05, 0.1) is 35.8 Å². The molecule has 0 spiro atoms. The molecule has 2 amide bonds. The average molecular weight is 457 g/mol. The van der Waals surface area contributed by atoms with Crippen LogP contribution in [-0.4, -0.2) is 28.5 Å². The second kappa shape index (κ2) is 9.58. The fourth-order valence-corrected chi connectivity index (χ4v) is 3.63. The monoisotopic (exact) mass is 456 g/mol. The number of benzene rings is 2. The van der Waals surface area contributed by atoms with Gasteiger partial charge in [0.25, 0.3) is 11.5 Å². The Labute approximate surface area is 196 Å². The van der Waals surface area contributed by atoms with Crippen LogP contribution in [0.1, 0.15) is 28.5 Å². The second-order valence-electron chi connectivity index (χ2n) is 7.86. The number of carbonyl (C=O) groups is 2. The van der Waals surface area contributed by atoms with E-state index in [1.807, 2.05) is 24.3 Å². The predicted molar refractivity (Wildman–Crippen MR) is 132 cm³/mol. The Balaban J connectivity index is 1.60. The Morgan fingerprint density at radius 1 is 0.971 bits per heavy atom. The summed E-state index contributed by atoms with van der Waals surface area (Å²) in [5, 5.41) is 5.86. The van der Waals surface area contributed by atoms with Crippen LogP contribution in [0, 0.1) is 6.92 Å². The summed E-state index contributed by atoms with van der Waals surface area (Å²) < 4.78 is 6.77. The predicted octanol–water partition coefficient (Wildman–Crippen LogP) is 3.97. The van der Waals surface area contributed by atoms with Gasteiger partial charge in [0, 0.05) is 24.5 Å². The van der Waals surface area contributed by atoms with Crippen LogP contribution in [0.5, 0.6) is 5.75 Å². The van der Waals surface area contributed by atoms with Gasteiger partial charge >= 0.3 is 0 Å². The first-order valence-electron chi connectivity index (χ1n) is 10.7. The number of nitrogens with one attached hydrogen (secondary N) is 2. The maximum Gasteiger partial charge on any atom is 0.260 e. The van der Waals surface area contributed by atoms with Gasteiger partial charge in [-0.2, -0.15) is 0 Å². The van der Waals surface area contributed by atoms with Crippen molar-refractivity contribution in [3.63, 3.8) is 0 Å². The molecule has 0 saturated heterocycles. The van der Waals surface area contributed by atoms with Gasteiger partial charge in [0.15, 0.2) is 0 Å². The van der Waals surface area contributed by atoms with E-state index >= 15 is 0 Å². The number of carbonyl (C=O) groups excluding carboxylic acids is 2. The molecule has 0 saturated carbocycles. The van der Waals surface area contributed by atoms with Crippen LogP contribution in [0.25, 0.3) is 10.9 Å². The first kappa shape index (κ1) is 22.7. The van der Waals surface area contributed by atoms with Crippen molar-refractivity contribution in [2.45, 2.75) is 20.4 Å². The van der Waals surface area contributed by atoms with Crippen molar-refractivity contribution in [3.8, 4) is 5.75 Å². The summed E-state index contributed by atoms with van der Waals surface area (Å²) in [5.74, 6) is 0.200. The van der Waals surface area contributed by atoms with Gasteiger partial charge in [-0.3, -0.25) is 19.4 Å². The lowest BCUT2D eigenvalue weighted by atomic mass is 10.1. The van der Waals surface area contributed by atoms with E-state index in [1.54, 1.807) is 61.2 Å². The molecule has 4 aromatic rings. The minimum Gasteiger partial charge on any atom is -0.497 e. The maximum absolute atomic E-state index is 13.2. The number of methoxy groups -OCH3 is 1. The molecule has 0 fully saturated rings. The van der Waals surface area contributed by atoms with Gasteiger partial charge in [-0.1, -0.05) is 12.1 Å². The first-order valence-corrected chi connectivity index (χ1v) is 10.7. The number of nitrogens with zero attached hydrogens (tertiary/aromatic N) is 2. The van der Waals surface area contributed by atoms with Crippen LogP contribution in [0.3, 0.4) is 0 Å². The lowest BCUT2D eigenvalue weighted by Crippen LogP contribution is -2.22. The highest BCUT2D eigenvalue weighted by molar-refractivity contribution is 6.06. The molecule has 0 radical (unpaired) electrons. The number of ether oxygens (including phenoxy) is 1. The van der Waals surface area contributed by atoms with Gasteiger partial charge in [0.2, 0.25) is 5.91 Å². The van der Waals surface area contributed by atoms with E-state index in [-0.39, 0.29) is 17.4 Å². The summed E-state index contributed by atoms with van der Waals surface area (Å²) in [7, 11) is 1.60. The Hall–Kier alpha value is -4.46. The van der Waals surface area contributed by atoms with Crippen LogP contribution in [-0.2, 0) is 11.3 Å². The molecule has 2 heterocycles. The Morgan fingerprint density at radius 3 is 2.24 bits per heavy atom. The maximum atomic E-state index is 13.2. The Morgan fingerprint density at radius 2 is 1.62 bits per heavy atom. The number of hydrogen-bond donors (Lipinski definition) is 2. The zero-order valence-electron chi connectivity index (χ0n) is 19.1. The zero-order chi connectivity index (χ0) is 24.2. The molecule has 2 aromatic heterocycles. The van der Waals surface area contributed by atoms with E-state index in [1.165, 1.54) is 6.92 Å². The molecular weight excluding hydrogens is 432 g/mol. The smallest absolute Gasteiger partial charge is 0.260 e. The van der Waals surface area contributed by atoms with Gasteiger partial charge in [-0.25, -0.2) is 0 Å². The third-order valence-corrected chi connectivity index (χ3v) is 5.37. The quantitative estimate of drug-likeness (QED) is 0.457. The van der Waals surface area contributed by atoms with Crippen molar-refractivity contribution in [2.75, 3.05) is 17.7 Å². The summed E-state index contributed by atoms with van der Waals surface area (Å²) in [6.07, 6.45) is 1.71. The van der Waals surface area contributed by atoms with Crippen molar-refractivity contribution in [1.82, 2.24) is 9.55 Å². The van der Waals surface area contributed by atoms with Crippen LogP contribution in [0.15, 0.2) is 71.7 Å². The topological polar surface area (TPSA) is 102 Å². The molecule has 0 unspecified atom stereocenters.